The Hall–Kier alpha value is -2.12. The molecule has 0 fully saturated rings. The van der Waals surface area contributed by atoms with Crippen LogP contribution in [0.3, 0.4) is 0 Å². The predicted molar refractivity (Wildman–Crippen MR) is 92.8 cm³/mol. The van der Waals surface area contributed by atoms with E-state index >= 15 is 0 Å². The van der Waals surface area contributed by atoms with Crippen LogP contribution in [0.2, 0.25) is 0 Å². The van der Waals surface area contributed by atoms with Crippen molar-refractivity contribution in [1.82, 2.24) is 20.3 Å². The molecule has 1 atom stereocenters. The SMILES string of the molecule is Cc1cc([C@@H](C)NC(=O)c2cnc(-c3ncccn3)s2)c(C)s1. The molecule has 0 saturated carbocycles. The van der Waals surface area contributed by atoms with Gasteiger partial charge in [0.25, 0.3) is 5.91 Å². The summed E-state index contributed by atoms with van der Waals surface area (Å²) in [5, 5.41) is 3.67. The molecule has 7 heteroatoms. The average Bonchev–Trinajstić information content (AvgIpc) is 3.15. The summed E-state index contributed by atoms with van der Waals surface area (Å²) in [4.78, 5) is 28.0. The largest absolute Gasteiger partial charge is 0.345 e. The average molecular weight is 344 g/mol. The smallest absolute Gasteiger partial charge is 0.263 e. The van der Waals surface area contributed by atoms with E-state index in [4.69, 9.17) is 0 Å². The molecule has 118 valence electrons. The first-order valence-electron chi connectivity index (χ1n) is 7.15. The van der Waals surface area contributed by atoms with Gasteiger partial charge in [-0.2, -0.15) is 0 Å². The summed E-state index contributed by atoms with van der Waals surface area (Å²) in [5.74, 6) is 0.411. The number of hydrogen-bond donors (Lipinski definition) is 1. The third-order valence-electron chi connectivity index (χ3n) is 3.38. The number of nitrogens with zero attached hydrogens (tertiary/aromatic N) is 3. The van der Waals surface area contributed by atoms with E-state index in [1.807, 2.05) is 6.92 Å². The Labute approximate surface area is 142 Å². The van der Waals surface area contributed by atoms with Crippen molar-refractivity contribution in [2.45, 2.75) is 26.8 Å². The van der Waals surface area contributed by atoms with Gasteiger partial charge in [0.15, 0.2) is 10.8 Å². The highest BCUT2D eigenvalue weighted by Gasteiger charge is 2.17. The van der Waals surface area contributed by atoms with Gasteiger partial charge in [-0.25, -0.2) is 15.0 Å². The lowest BCUT2D eigenvalue weighted by atomic mass is 10.1. The summed E-state index contributed by atoms with van der Waals surface area (Å²) in [5.41, 5.74) is 1.16. The number of thiophene rings is 1. The molecule has 5 nitrogen and oxygen atoms in total. The second-order valence-corrected chi connectivity index (χ2v) is 7.66. The Morgan fingerprint density at radius 2 is 1.91 bits per heavy atom. The van der Waals surface area contributed by atoms with E-state index in [2.05, 4.69) is 40.2 Å². The molecule has 0 aliphatic rings. The molecule has 3 aromatic rings. The van der Waals surface area contributed by atoms with Gasteiger partial charge in [-0.05, 0) is 38.5 Å². The zero-order valence-corrected chi connectivity index (χ0v) is 14.7. The van der Waals surface area contributed by atoms with Gasteiger partial charge in [-0.1, -0.05) is 0 Å². The molecule has 1 amide bonds. The maximum atomic E-state index is 12.4. The number of thiazole rings is 1. The van der Waals surface area contributed by atoms with Crippen LogP contribution in [0.5, 0.6) is 0 Å². The van der Waals surface area contributed by atoms with Gasteiger partial charge in [-0.3, -0.25) is 4.79 Å². The lowest BCUT2D eigenvalue weighted by Gasteiger charge is -2.12. The van der Waals surface area contributed by atoms with Crippen LogP contribution in [0.25, 0.3) is 10.8 Å². The molecule has 3 heterocycles. The Kier molecular flexibility index (Phi) is 4.49. The molecule has 0 aromatic carbocycles. The van der Waals surface area contributed by atoms with Crippen molar-refractivity contribution < 1.29 is 4.79 Å². The molecule has 3 aromatic heterocycles. The van der Waals surface area contributed by atoms with E-state index in [0.29, 0.717) is 15.7 Å². The first-order chi connectivity index (χ1) is 11.0. The Morgan fingerprint density at radius 1 is 1.17 bits per heavy atom. The molecule has 0 unspecified atom stereocenters. The summed E-state index contributed by atoms with van der Waals surface area (Å²) in [6.07, 6.45) is 4.89. The van der Waals surface area contributed by atoms with Gasteiger partial charge in [0.2, 0.25) is 0 Å². The topological polar surface area (TPSA) is 67.8 Å². The molecule has 0 saturated heterocycles. The second-order valence-electron chi connectivity index (χ2n) is 5.17. The van der Waals surface area contributed by atoms with E-state index in [1.54, 1.807) is 36.0 Å². The number of aryl methyl sites for hydroxylation is 2. The molecule has 3 rings (SSSR count). The molecule has 0 bridgehead atoms. The van der Waals surface area contributed by atoms with E-state index in [9.17, 15) is 4.79 Å². The zero-order chi connectivity index (χ0) is 16.4. The maximum absolute atomic E-state index is 12.4. The predicted octanol–water partition coefficient (Wildman–Crippen LogP) is 3.77. The number of rotatable bonds is 4. The summed E-state index contributed by atoms with van der Waals surface area (Å²) < 4.78 is 0. The minimum absolute atomic E-state index is 0.0361. The van der Waals surface area contributed by atoms with Gasteiger partial charge < -0.3 is 5.32 Å². The van der Waals surface area contributed by atoms with Gasteiger partial charge in [-0.15, -0.1) is 22.7 Å². The highest BCUT2D eigenvalue weighted by atomic mass is 32.1. The van der Waals surface area contributed by atoms with Crippen LogP contribution in [-0.4, -0.2) is 20.9 Å². The van der Waals surface area contributed by atoms with Crippen molar-refractivity contribution in [2.75, 3.05) is 0 Å². The maximum Gasteiger partial charge on any atom is 0.263 e. The molecular weight excluding hydrogens is 328 g/mol. The van der Waals surface area contributed by atoms with Crippen LogP contribution in [0.4, 0.5) is 0 Å². The van der Waals surface area contributed by atoms with E-state index in [-0.39, 0.29) is 11.9 Å². The van der Waals surface area contributed by atoms with Crippen LogP contribution >= 0.6 is 22.7 Å². The van der Waals surface area contributed by atoms with E-state index in [0.717, 1.165) is 5.56 Å². The van der Waals surface area contributed by atoms with Crippen molar-refractivity contribution in [3.05, 3.63) is 50.9 Å². The standard InChI is InChI=1S/C16H16N4OS2/c1-9-7-12(11(3)22-9)10(2)20-15(21)13-8-19-16(23-13)14-17-5-4-6-18-14/h4-8,10H,1-3H3,(H,20,21)/t10-/m1/s1. The Balaban J connectivity index is 1.74. The lowest BCUT2D eigenvalue weighted by molar-refractivity contribution is 0.0944. The van der Waals surface area contributed by atoms with Crippen molar-refractivity contribution in [3.8, 4) is 10.8 Å². The molecule has 23 heavy (non-hydrogen) atoms. The third kappa shape index (κ3) is 3.46. The van der Waals surface area contributed by atoms with Gasteiger partial charge in [0, 0.05) is 22.1 Å². The minimum atomic E-state index is -0.125. The fourth-order valence-electron chi connectivity index (χ4n) is 2.32. The molecule has 0 aliphatic heterocycles. The Morgan fingerprint density at radius 3 is 2.57 bits per heavy atom. The molecule has 1 N–H and O–H groups in total. The van der Waals surface area contributed by atoms with Crippen LogP contribution in [0.15, 0.2) is 30.7 Å². The summed E-state index contributed by atoms with van der Waals surface area (Å²) >= 11 is 3.04. The normalized spacial score (nSPS) is 12.1. The van der Waals surface area contributed by atoms with Crippen molar-refractivity contribution in [1.29, 1.82) is 0 Å². The number of carbonyl (C=O) groups is 1. The lowest BCUT2D eigenvalue weighted by Crippen LogP contribution is -2.26. The zero-order valence-electron chi connectivity index (χ0n) is 13.0. The van der Waals surface area contributed by atoms with Crippen LogP contribution in [0.1, 0.15) is 38.0 Å². The van der Waals surface area contributed by atoms with Gasteiger partial charge >= 0.3 is 0 Å². The summed E-state index contributed by atoms with van der Waals surface area (Å²) in [6, 6.07) is 3.84. The second kappa shape index (κ2) is 6.55. The minimum Gasteiger partial charge on any atom is -0.345 e. The van der Waals surface area contributed by atoms with E-state index in [1.165, 1.54) is 21.1 Å². The molecule has 0 radical (unpaired) electrons. The fraction of sp³-hybridized carbons (Fsp3) is 0.250. The van der Waals surface area contributed by atoms with Crippen molar-refractivity contribution in [3.63, 3.8) is 0 Å². The van der Waals surface area contributed by atoms with Gasteiger partial charge in [0.1, 0.15) is 4.88 Å². The fourth-order valence-corrected chi connectivity index (χ4v) is 4.11. The number of nitrogens with one attached hydrogen (secondary N) is 1. The van der Waals surface area contributed by atoms with Crippen molar-refractivity contribution in [2.24, 2.45) is 0 Å². The molecular formula is C16H16N4OS2. The molecule has 0 spiro atoms. The molecule has 0 aliphatic carbocycles. The number of amides is 1. The first-order valence-corrected chi connectivity index (χ1v) is 8.79. The van der Waals surface area contributed by atoms with Crippen molar-refractivity contribution >= 4 is 28.6 Å². The van der Waals surface area contributed by atoms with Gasteiger partial charge in [0.05, 0.1) is 12.2 Å². The van der Waals surface area contributed by atoms with Crippen LogP contribution < -0.4 is 5.32 Å². The number of carbonyl (C=O) groups excluding carboxylic acids is 1. The third-order valence-corrected chi connectivity index (χ3v) is 5.35. The van der Waals surface area contributed by atoms with Crippen LogP contribution in [0, 0.1) is 13.8 Å². The highest BCUT2D eigenvalue weighted by Crippen LogP contribution is 2.27. The number of hydrogen-bond acceptors (Lipinski definition) is 6. The monoisotopic (exact) mass is 344 g/mol. The van der Waals surface area contributed by atoms with E-state index < -0.39 is 0 Å². The van der Waals surface area contributed by atoms with Crippen LogP contribution in [-0.2, 0) is 0 Å². The highest BCUT2D eigenvalue weighted by molar-refractivity contribution is 7.16. The Bertz CT molecular complexity index is 826. The summed E-state index contributed by atoms with van der Waals surface area (Å²) in [7, 11) is 0. The first kappa shape index (κ1) is 15.8. The quantitative estimate of drug-likeness (QED) is 0.782. The summed E-state index contributed by atoms with van der Waals surface area (Å²) in [6.45, 7) is 6.15. The number of aromatic nitrogens is 3.